The second-order valence-electron chi connectivity index (χ2n) is 6.18. The van der Waals surface area contributed by atoms with Gasteiger partial charge in [-0.2, -0.15) is 24.9 Å². The summed E-state index contributed by atoms with van der Waals surface area (Å²) in [5.74, 6) is 0.691. The summed E-state index contributed by atoms with van der Waals surface area (Å²) >= 11 is 7.53. The van der Waals surface area contributed by atoms with Gasteiger partial charge in [-0.15, -0.1) is 0 Å². The minimum Gasteiger partial charge on any atom is -0.352 e. The smallest absolute Gasteiger partial charge is 0.352 e. The number of piperazine rings is 1. The number of pyridine rings is 1. The van der Waals surface area contributed by atoms with Gasteiger partial charge < -0.3 is 20.9 Å². The number of nitrogens with two attached hydrogens (primary N) is 1. The highest BCUT2D eigenvalue weighted by Crippen LogP contribution is 2.33. The van der Waals surface area contributed by atoms with Gasteiger partial charge >= 0.3 is 12.2 Å². The van der Waals surface area contributed by atoms with Gasteiger partial charge in [0.2, 0.25) is 5.91 Å². The average molecular weight is 440 g/mol. The van der Waals surface area contributed by atoms with Crippen molar-refractivity contribution in [3.63, 3.8) is 0 Å². The molecule has 7 nitrogen and oxygen atoms in total. The Bertz CT molecular complexity index is 714. The summed E-state index contributed by atoms with van der Waals surface area (Å²) in [6, 6.07) is -0.625. The van der Waals surface area contributed by atoms with Crippen molar-refractivity contribution in [2.45, 2.75) is 18.6 Å². The van der Waals surface area contributed by atoms with Gasteiger partial charge in [0.1, 0.15) is 11.9 Å². The fourth-order valence-electron chi connectivity index (χ4n) is 2.84. The van der Waals surface area contributed by atoms with E-state index >= 15 is 0 Å². The molecule has 12 heteroatoms. The van der Waals surface area contributed by atoms with Crippen molar-refractivity contribution in [2.24, 2.45) is 5.73 Å². The Morgan fingerprint density at radius 3 is 2.50 bits per heavy atom. The molecule has 156 valence electrons. The summed E-state index contributed by atoms with van der Waals surface area (Å²) in [4.78, 5) is 31.0. The average Bonchev–Trinajstić information content (AvgIpc) is 2.63. The number of rotatable bonds is 6. The topological polar surface area (TPSA) is 91.6 Å². The Balaban J connectivity index is 2.01. The highest BCUT2D eigenvalue weighted by molar-refractivity contribution is 7.98. The van der Waals surface area contributed by atoms with Crippen LogP contribution in [-0.2, 0) is 11.0 Å². The number of thioether (sulfide) groups is 1. The Morgan fingerprint density at radius 1 is 1.36 bits per heavy atom. The second-order valence-corrected chi connectivity index (χ2v) is 7.57. The van der Waals surface area contributed by atoms with Crippen LogP contribution in [0.5, 0.6) is 0 Å². The number of carbonyl (C=O) groups is 2. The van der Waals surface area contributed by atoms with Crippen LogP contribution in [-0.4, -0.2) is 66.1 Å². The number of primary amides is 1. The number of amides is 3. The van der Waals surface area contributed by atoms with Crippen molar-refractivity contribution in [3.05, 3.63) is 22.8 Å². The molecule has 2 rings (SSSR count). The van der Waals surface area contributed by atoms with Gasteiger partial charge in [0, 0.05) is 32.4 Å². The number of anilines is 1. The van der Waals surface area contributed by atoms with Crippen molar-refractivity contribution in [1.29, 1.82) is 0 Å². The first kappa shape index (κ1) is 22.4. The second kappa shape index (κ2) is 9.55. The molecule has 1 aliphatic rings. The van der Waals surface area contributed by atoms with E-state index in [-0.39, 0.29) is 16.7 Å². The highest BCUT2D eigenvalue weighted by Gasteiger charge is 2.33. The largest absolute Gasteiger partial charge is 0.417 e. The zero-order valence-corrected chi connectivity index (χ0v) is 16.7. The summed E-state index contributed by atoms with van der Waals surface area (Å²) < 4.78 is 38.2. The molecule has 0 aliphatic carbocycles. The lowest BCUT2D eigenvalue weighted by Gasteiger charge is -2.37. The number of halogens is 4. The van der Waals surface area contributed by atoms with E-state index in [1.165, 1.54) is 0 Å². The number of alkyl halides is 3. The molecule has 28 heavy (non-hydrogen) atoms. The van der Waals surface area contributed by atoms with E-state index in [9.17, 15) is 22.8 Å². The third kappa shape index (κ3) is 5.81. The molecule has 1 aromatic rings. The maximum absolute atomic E-state index is 12.7. The van der Waals surface area contributed by atoms with Crippen molar-refractivity contribution >= 4 is 41.1 Å². The molecule has 3 amide bonds. The van der Waals surface area contributed by atoms with Crippen LogP contribution in [0.4, 0.5) is 23.8 Å². The van der Waals surface area contributed by atoms with Gasteiger partial charge in [0.05, 0.1) is 10.6 Å². The van der Waals surface area contributed by atoms with Gasteiger partial charge in [-0.25, -0.2) is 9.78 Å². The minimum atomic E-state index is -4.51. The predicted molar refractivity (Wildman–Crippen MR) is 103 cm³/mol. The number of urea groups is 1. The quantitative estimate of drug-likeness (QED) is 0.709. The molecule has 1 aromatic heterocycles. The molecule has 1 atom stereocenters. The van der Waals surface area contributed by atoms with Crippen LogP contribution in [0.2, 0.25) is 5.02 Å². The Labute approximate surface area is 169 Å². The first-order valence-electron chi connectivity index (χ1n) is 8.45. The molecule has 0 saturated carbocycles. The molecule has 0 spiro atoms. The van der Waals surface area contributed by atoms with E-state index in [1.54, 1.807) is 21.6 Å². The fourth-order valence-corrected chi connectivity index (χ4v) is 3.60. The molecule has 0 bridgehead atoms. The van der Waals surface area contributed by atoms with Crippen LogP contribution < -0.4 is 16.0 Å². The zero-order chi connectivity index (χ0) is 20.9. The third-order valence-electron chi connectivity index (χ3n) is 4.27. The van der Waals surface area contributed by atoms with E-state index in [4.69, 9.17) is 17.3 Å². The normalized spacial score (nSPS) is 16.0. The number of nitrogens with zero attached hydrogens (tertiary/aromatic N) is 3. The number of hydrogen-bond donors (Lipinski definition) is 2. The maximum atomic E-state index is 12.7. The molecular formula is C16H21ClF3N5O2S. The van der Waals surface area contributed by atoms with Gasteiger partial charge in [-0.05, 0) is 24.5 Å². The Kier molecular flexibility index (Phi) is 7.64. The maximum Gasteiger partial charge on any atom is 0.417 e. The Morgan fingerprint density at radius 2 is 2.00 bits per heavy atom. The van der Waals surface area contributed by atoms with Crippen LogP contribution >= 0.6 is 23.4 Å². The lowest BCUT2D eigenvalue weighted by Crippen LogP contribution is -2.56. The SMILES string of the molecule is CSCC[C@H](NC(N)=O)C(=O)N1CCN(c2ncc(C(F)(F)F)cc2Cl)CC1. The van der Waals surface area contributed by atoms with Crippen molar-refractivity contribution in [3.8, 4) is 0 Å². The summed E-state index contributed by atoms with van der Waals surface area (Å²) in [6.07, 6.45) is -1.42. The van der Waals surface area contributed by atoms with Crippen molar-refractivity contribution < 1.29 is 22.8 Å². The van der Waals surface area contributed by atoms with E-state index in [2.05, 4.69) is 10.3 Å². The molecular weight excluding hydrogens is 419 g/mol. The van der Waals surface area contributed by atoms with Crippen molar-refractivity contribution in [1.82, 2.24) is 15.2 Å². The Hall–Kier alpha value is -1.88. The van der Waals surface area contributed by atoms with E-state index < -0.39 is 23.8 Å². The zero-order valence-electron chi connectivity index (χ0n) is 15.1. The van der Waals surface area contributed by atoms with Crippen LogP contribution in [0.15, 0.2) is 12.3 Å². The van der Waals surface area contributed by atoms with E-state index in [0.717, 1.165) is 12.3 Å². The van der Waals surface area contributed by atoms with Gasteiger partial charge in [-0.1, -0.05) is 11.6 Å². The van der Waals surface area contributed by atoms with Crippen LogP contribution in [0.25, 0.3) is 0 Å². The molecule has 0 aromatic carbocycles. The molecule has 3 N–H and O–H groups in total. The van der Waals surface area contributed by atoms with Gasteiger partial charge in [0.25, 0.3) is 0 Å². The molecule has 1 fully saturated rings. The lowest BCUT2D eigenvalue weighted by molar-refractivity contribution is -0.138. The van der Waals surface area contributed by atoms with Gasteiger partial charge in [-0.3, -0.25) is 4.79 Å². The summed E-state index contributed by atoms with van der Waals surface area (Å²) in [5.41, 5.74) is 4.24. The first-order chi connectivity index (χ1) is 13.1. The molecule has 0 radical (unpaired) electrons. The van der Waals surface area contributed by atoms with Gasteiger partial charge in [0.15, 0.2) is 0 Å². The van der Waals surface area contributed by atoms with E-state index in [1.807, 2.05) is 6.26 Å². The van der Waals surface area contributed by atoms with Crippen molar-refractivity contribution in [2.75, 3.05) is 43.1 Å². The third-order valence-corrected chi connectivity index (χ3v) is 5.19. The highest BCUT2D eigenvalue weighted by atomic mass is 35.5. The molecule has 1 aliphatic heterocycles. The van der Waals surface area contributed by atoms with Crippen LogP contribution in [0.1, 0.15) is 12.0 Å². The number of carbonyl (C=O) groups excluding carboxylic acids is 2. The van der Waals surface area contributed by atoms with Crippen LogP contribution in [0.3, 0.4) is 0 Å². The van der Waals surface area contributed by atoms with Crippen LogP contribution in [0, 0.1) is 0 Å². The van der Waals surface area contributed by atoms with E-state index in [0.29, 0.717) is 38.4 Å². The number of nitrogens with one attached hydrogen (secondary N) is 1. The fraction of sp³-hybridized carbons (Fsp3) is 0.562. The summed E-state index contributed by atoms with van der Waals surface area (Å²) in [7, 11) is 0. The minimum absolute atomic E-state index is 0.0946. The molecule has 0 unspecified atom stereocenters. The standard InChI is InChI=1S/C16H21ClF3N5O2S/c1-28-7-2-12(23-15(21)27)14(26)25-5-3-24(4-6-25)13-11(17)8-10(9-22-13)16(18,19)20/h8-9,12H,2-7H2,1H3,(H3,21,23,27)/t12-/m0/s1. The first-order valence-corrected chi connectivity index (χ1v) is 10.2. The summed E-state index contributed by atoms with van der Waals surface area (Å²) in [5, 5.41) is 2.37. The summed E-state index contributed by atoms with van der Waals surface area (Å²) in [6.45, 7) is 1.37. The predicted octanol–water partition coefficient (Wildman–Crippen LogP) is 2.19. The number of hydrogen-bond acceptors (Lipinski definition) is 5. The molecule has 2 heterocycles. The molecule has 1 saturated heterocycles. The monoisotopic (exact) mass is 439 g/mol. The number of aromatic nitrogens is 1. The lowest BCUT2D eigenvalue weighted by atomic mass is 10.1.